The van der Waals surface area contributed by atoms with Gasteiger partial charge in [0.15, 0.2) is 0 Å². The Hall–Kier alpha value is -1.96. The first-order valence-electron chi connectivity index (χ1n) is 7.99. The third-order valence-corrected chi connectivity index (χ3v) is 6.38. The van der Waals surface area contributed by atoms with Gasteiger partial charge in [0, 0.05) is 21.1 Å². The topological polar surface area (TPSA) is 76.1 Å². The van der Waals surface area contributed by atoms with Gasteiger partial charge in [-0.3, -0.25) is 9.78 Å². The second-order valence-corrected chi connectivity index (χ2v) is 9.55. The summed E-state index contributed by atoms with van der Waals surface area (Å²) in [5.74, 6) is -0.645. The summed E-state index contributed by atoms with van der Waals surface area (Å²) in [5, 5.41) is 0.820. The summed E-state index contributed by atoms with van der Waals surface area (Å²) in [7, 11) is -4.16. The Morgan fingerprint density at radius 3 is 2.48 bits per heavy atom. The van der Waals surface area contributed by atoms with E-state index in [1.807, 2.05) is 0 Å². The Labute approximate surface area is 170 Å². The molecule has 140 valence electrons. The van der Waals surface area contributed by atoms with Gasteiger partial charge in [0.2, 0.25) is 5.91 Å². The standard InChI is InChI=1S/C19H16BrClN2O3S/c1-19(2,13-5-7-14(20)8-6-13)18(24)23-27(25,26)16-11-15(21)10-12-4-3-9-22-17(12)16/h3-11H,1-2H3,(H,23,24). The minimum absolute atomic E-state index is 0.134. The van der Waals surface area contributed by atoms with E-state index in [1.54, 1.807) is 56.3 Å². The van der Waals surface area contributed by atoms with E-state index in [-0.39, 0.29) is 15.4 Å². The number of carbonyl (C=O) groups excluding carboxylic acids is 1. The third kappa shape index (κ3) is 4.00. The molecule has 1 aromatic heterocycles. The number of amides is 1. The number of nitrogens with zero attached hydrogens (tertiary/aromatic N) is 1. The molecule has 1 heterocycles. The lowest BCUT2D eigenvalue weighted by Crippen LogP contribution is -2.43. The summed E-state index contributed by atoms with van der Waals surface area (Å²) in [4.78, 5) is 16.8. The Balaban J connectivity index is 1.99. The number of sulfonamides is 1. The number of rotatable bonds is 4. The van der Waals surface area contributed by atoms with E-state index in [2.05, 4.69) is 25.6 Å². The molecule has 1 N–H and O–H groups in total. The molecule has 0 unspecified atom stereocenters. The van der Waals surface area contributed by atoms with Crippen LogP contribution in [0.1, 0.15) is 19.4 Å². The van der Waals surface area contributed by atoms with Crippen molar-refractivity contribution in [3.63, 3.8) is 0 Å². The van der Waals surface area contributed by atoms with Crippen LogP contribution in [0.4, 0.5) is 0 Å². The molecule has 27 heavy (non-hydrogen) atoms. The van der Waals surface area contributed by atoms with Crippen LogP contribution >= 0.6 is 27.5 Å². The molecule has 0 aliphatic rings. The molecule has 0 spiro atoms. The van der Waals surface area contributed by atoms with Gasteiger partial charge in [-0.15, -0.1) is 0 Å². The van der Waals surface area contributed by atoms with E-state index in [0.29, 0.717) is 10.9 Å². The first kappa shape index (κ1) is 19.8. The van der Waals surface area contributed by atoms with E-state index in [9.17, 15) is 13.2 Å². The molecule has 0 saturated carbocycles. The first-order chi connectivity index (χ1) is 12.6. The zero-order valence-electron chi connectivity index (χ0n) is 14.5. The van der Waals surface area contributed by atoms with E-state index in [1.165, 1.54) is 12.3 Å². The highest BCUT2D eigenvalue weighted by molar-refractivity contribution is 9.10. The van der Waals surface area contributed by atoms with Crippen LogP contribution in [-0.2, 0) is 20.2 Å². The Bertz CT molecular complexity index is 1130. The van der Waals surface area contributed by atoms with Crippen molar-refractivity contribution in [1.29, 1.82) is 0 Å². The maximum absolute atomic E-state index is 12.9. The Kier molecular flexibility index (Phi) is 5.29. The van der Waals surface area contributed by atoms with Gasteiger partial charge in [0.25, 0.3) is 10.0 Å². The molecule has 0 aliphatic carbocycles. The highest BCUT2D eigenvalue weighted by Gasteiger charge is 2.34. The number of benzene rings is 2. The van der Waals surface area contributed by atoms with Crippen molar-refractivity contribution in [3.8, 4) is 0 Å². The van der Waals surface area contributed by atoms with Gasteiger partial charge >= 0.3 is 0 Å². The van der Waals surface area contributed by atoms with Gasteiger partial charge in [-0.1, -0.05) is 45.7 Å². The van der Waals surface area contributed by atoms with E-state index >= 15 is 0 Å². The average Bonchev–Trinajstić information content (AvgIpc) is 2.61. The molecule has 1 amide bonds. The molecule has 8 heteroatoms. The molecule has 0 saturated heterocycles. The van der Waals surface area contributed by atoms with Crippen molar-refractivity contribution in [2.24, 2.45) is 0 Å². The first-order valence-corrected chi connectivity index (χ1v) is 10.6. The van der Waals surface area contributed by atoms with E-state index in [0.717, 1.165) is 4.47 Å². The molecule has 5 nitrogen and oxygen atoms in total. The molecule has 0 aliphatic heterocycles. The normalized spacial score (nSPS) is 12.1. The van der Waals surface area contributed by atoms with Crippen molar-refractivity contribution in [2.45, 2.75) is 24.2 Å². The molecular weight excluding hydrogens is 452 g/mol. The van der Waals surface area contributed by atoms with Gasteiger partial charge in [0.1, 0.15) is 4.90 Å². The highest BCUT2D eigenvalue weighted by Crippen LogP contribution is 2.28. The molecule has 0 fully saturated rings. The second kappa shape index (κ2) is 7.22. The lowest BCUT2D eigenvalue weighted by atomic mass is 9.84. The van der Waals surface area contributed by atoms with E-state index in [4.69, 9.17) is 11.6 Å². The lowest BCUT2D eigenvalue weighted by Gasteiger charge is -2.24. The quantitative estimate of drug-likeness (QED) is 0.616. The van der Waals surface area contributed by atoms with Crippen molar-refractivity contribution < 1.29 is 13.2 Å². The fraction of sp³-hybridized carbons (Fsp3) is 0.158. The number of aromatic nitrogens is 1. The van der Waals surface area contributed by atoms with Crippen LogP contribution in [0, 0.1) is 0 Å². The fourth-order valence-corrected chi connectivity index (χ4v) is 4.50. The van der Waals surface area contributed by atoms with E-state index < -0.39 is 21.3 Å². The predicted molar refractivity (Wildman–Crippen MR) is 109 cm³/mol. The molecule has 3 rings (SSSR count). The maximum atomic E-state index is 12.9. The number of hydrogen-bond donors (Lipinski definition) is 1. The van der Waals surface area contributed by atoms with Crippen LogP contribution < -0.4 is 4.72 Å². The summed E-state index contributed by atoms with van der Waals surface area (Å²) in [5.41, 5.74) is -0.119. The number of halogens is 2. The molecule has 0 atom stereocenters. The second-order valence-electron chi connectivity index (χ2n) is 6.55. The van der Waals surface area contributed by atoms with Crippen molar-refractivity contribution >= 4 is 54.4 Å². The van der Waals surface area contributed by atoms with Crippen LogP contribution in [0.25, 0.3) is 10.9 Å². The number of nitrogens with one attached hydrogen (secondary N) is 1. The fourth-order valence-electron chi connectivity index (χ4n) is 2.63. The maximum Gasteiger partial charge on any atom is 0.266 e. The minimum Gasteiger partial charge on any atom is -0.273 e. The SMILES string of the molecule is CC(C)(C(=O)NS(=O)(=O)c1cc(Cl)cc2cccnc12)c1ccc(Br)cc1. The monoisotopic (exact) mass is 466 g/mol. The third-order valence-electron chi connectivity index (χ3n) is 4.28. The zero-order valence-corrected chi connectivity index (χ0v) is 17.7. The summed E-state index contributed by atoms with van der Waals surface area (Å²) in [6, 6.07) is 13.4. The average molecular weight is 468 g/mol. The zero-order chi connectivity index (χ0) is 19.8. The van der Waals surface area contributed by atoms with Gasteiger partial charge in [0.05, 0.1) is 10.9 Å². The number of carbonyl (C=O) groups is 1. The Morgan fingerprint density at radius 2 is 1.81 bits per heavy atom. The predicted octanol–water partition coefficient (Wildman–Crippen LogP) is 4.43. The van der Waals surface area contributed by atoms with Crippen molar-refractivity contribution in [3.05, 3.63) is 69.8 Å². The summed E-state index contributed by atoms with van der Waals surface area (Å²) in [6.45, 7) is 3.32. The van der Waals surface area contributed by atoms with Crippen LogP contribution in [-0.4, -0.2) is 19.3 Å². The molecule has 0 radical (unpaired) electrons. The molecule has 3 aromatic rings. The lowest BCUT2D eigenvalue weighted by molar-refractivity contribution is -0.123. The van der Waals surface area contributed by atoms with Gasteiger partial charge in [-0.05, 0) is 49.7 Å². The van der Waals surface area contributed by atoms with Crippen molar-refractivity contribution in [2.75, 3.05) is 0 Å². The largest absolute Gasteiger partial charge is 0.273 e. The summed E-state index contributed by atoms with van der Waals surface area (Å²) in [6.07, 6.45) is 1.49. The van der Waals surface area contributed by atoms with Gasteiger partial charge in [-0.25, -0.2) is 13.1 Å². The molecule has 2 aromatic carbocycles. The van der Waals surface area contributed by atoms with Crippen LogP contribution in [0.2, 0.25) is 5.02 Å². The van der Waals surface area contributed by atoms with Crippen LogP contribution in [0.5, 0.6) is 0 Å². The summed E-state index contributed by atoms with van der Waals surface area (Å²) >= 11 is 9.40. The van der Waals surface area contributed by atoms with Crippen molar-refractivity contribution in [1.82, 2.24) is 9.71 Å². The van der Waals surface area contributed by atoms with Crippen LogP contribution in [0.3, 0.4) is 0 Å². The minimum atomic E-state index is -4.16. The molecular formula is C19H16BrClN2O3S. The van der Waals surface area contributed by atoms with Crippen LogP contribution in [0.15, 0.2) is 64.1 Å². The number of fused-ring (bicyclic) bond motifs is 1. The highest BCUT2D eigenvalue weighted by atomic mass is 79.9. The summed E-state index contributed by atoms with van der Waals surface area (Å²) < 4.78 is 28.8. The van der Waals surface area contributed by atoms with Gasteiger partial charge in [-0.2, -0.15) is 0 Å². The number of pyridine rings is 1. The Morgan fingerprint density at radius 1 is 1.15 bits per heavy atom. The molecule has 0 bridgehead atoms. The smallest absolute Gasteiger partial charge is 0.266 e. The number of hydrogen-bond acceptors (Lipinski definition) is 4. The van der Waals surface area contributed by atoms with Gasteiger partial charge < -0.3 is 0 Å².